The van der Waals surface area contributed by atoms with Crippen molar-refractivity contribution in [3.05, 3.63) is 0 Å². The molecule has 2 saturated carbocycles. The number of carboxylic acids is 1. The Hall–Kier alpha value is -0.570. The molecule has 0 aromatic carbocycles. The molecule has 0 unspecified atom stereocenters. The van der Waals surface area contributed by atoms with Crippen LogP contribution < -0.4 is 5.32 Å². The first-order valence-corrected chi connectivity index (χ1v) is 7.17. The van der Waals surface area contributed by atoms with Crippen molar-refractivity contribution in [2.24, 2.45) is 5.92 Å². The van der Waals surface area contributed by atoms with Crippen molar-refractivity contribution in [1.82, 2.24) is 5.32 Å². The second-order valence-corrected chi connectivity index (χ2v) is 5.86. The predicted molar refractivity (Wildman–Crippen MR) is 68.0 cm³/mol. The summed E-state index contributed by atoms with van der Waals surface area (Å²) in [5, 5.41) is 13.0. The molecule has 17 heavy (non-hydrogen) atoms. The molecule has 98 valence electrons. The summed E-state index contributed by atoms with van der Waals surface area (Å²) >= 11 is 0. The summed E-state index contributed by atoms with van der Waals surface area (Å²) in [6.07, 6.45) is 9.80. The number of carboxylic acid groups (broad SMARTS) is 1. The molecule has 2 aliphatic carbocycles. The number of hydrogen-bond donors (Lipinski definition) is 2. The molecule has 0 radical (unpaired) electrons. The van der Waals surface area contributed by atoms with Crippen LogP contribution in [0.3, 0.4) is 0 Å². The van der Waals surface area contributed by atoms with Crippen LogP contribution in [0.25, 0.3) is 0 Å². The largest absolute Gasteiger partial charge is 0.480 e. The van der Waals surface area contributed by atoms with Gasteiger partial charge in [-0.2, -0.15) is 0 Å². The number of aliphatic carboxylic acids is 1. The zero-order chi connectivity index (χ0) is 12.3. The SMILES string of the molecule is CCC1CCC(NC2CCCC2)(C(=O)O)CC1. The van der Waals surface area contributed by atoms with E-state index in [0.717, 1.165) is 44.4 Å². The highest BCUT2D eigenvalue weighted by Gasteiger charge is 2.43. The van der Waals surface area contributed by atoms with Gasteiger partial charge in [-0.1, -0.05) is 26.2 Å². The fourth-order valence-corrected chi connectivity index (χ4v) is 3.46. The molecule has 0 amide bonds. The lowest BCUT2D eigenvalue weighted by Gasteiger charge is -2.39. The van der Waals surface area contributed by atoms with Gasteiger partial charge in [0, 0.05) is 6.04 Å². The van der Waals surface area contributed by atoms with Crippen LogP contribution in [0.2, 0.25) is 0 Å². The summed E-state index contributed by atoms with van der Waals surface area (Å²) in [5.74, 6) is 0.117. The maximum absolute atomic E-state index is 11.6. The van der Waals surface area contributed by atoms with Gasteiger partial charge in [-0.15, -0.1) is 0 Å². The lowest BCUT2D eigenvalue weighted by molar-refractivity contribution is -0.147. The molecule has 0 spiro atoms. The third-order valence-corrected chi connectivity index (χ3v) is 4.78. The van der Waals surface area contributed by atoms with Gasteiger partial charge in [0.15, 0.2) is 0 Å². The fraction of sp³-hybridized carbons (Fsp3) is 0.929. The predicted octanol–water partition coefficient (Wildman–Crippen LogP) is 2.94. The summed E-state index contributed by atoms with van der Waals surface area (Å²) in [6.45, 7) is 2.21. The van der Waals surface area contributed by atoms with Crippen LogP contribution in [-0.4, -0.2) is 22.7 Å². The van der Waals surface area contributed by atoms with Gasteiger partial charge in [0.2, 0.25) is 0 Å². The molecule has 0 atom stereocenters. The molecule has 0 aromatic heterocycles. The average Bonchev–Trinajstić information content (AvgIpc) is 2.82. The molecule has 2 N–H and O–H groups in total. The quantitative estimate of drug-likeness (QED) is 0.793. The van der Waals surface area contributed by atoms with Crippen LogP contribution in [-0.2, 0) is 4.79 Å². The van der Waals surface area contributed by atoms with Crippen LogP contribution in [0.1, 0.15) is 64.7 Å². The molecule has 2 fully saturated rings. The molecule has 3 heteroatoms. The third-order valence-electron chi connectivity index (χ3n) is 4.78. The van der Waals surface area contributed by atoms with Crippen molar-refractivity contribution in [2.45, 2.75) is 76.3 Å². The molecular weight excluding hydrogens is 214 g/mol. The van der Waals surface area contributed by atoms with Crippen molar-refractivity contribution in [2.75, 3.05) is 0 Å². The Morgan fingerprint density at radius 3 is 2.29 bits per heavy atom. The molecule has 0 bridgehead atoms. The Labute approximate surface area is 104 Å². The molecule has 2 rings (SSSR count). The van der Waals surface area contributed by atoms with Crippen LogP contribution in [0, 0.1) is 5.92 Å². The van der Waals surface area contributed by atoms with E-state index >= 15 is 0 Å². The third kappa shape index (κ3) is 2.82. The second kappa shape index (κ2) is 5.38. The van der Waals surface area contributed by atoms with E-state index in [0.29, 0.717) is 6.04 Å². The Balaban J connectivity index is 1.98. The van der Waals surface area contributed by atoms with Crippen molar-refractivity contribution in [3.63, 3.8) is 0 Å². The summed E-state index contributed by atoms with van der Waals surface area (Å²) in [7, 11) is 0. The first-order valence-electron chi connectivity index (χ1n) is 7.17. The number of hydrogen-bond acceptors (Lipinski definition) is 2. The first kappa shape index (κ1) is 12.9. The van der Waals surface area contributed by atoms with Gasteiger partial charge in [0.1, 0.15) is 5.54 Å². The minimum atomic E-state index is -0.626. The molecule has 2 aliphatic rings. The minimum Gasteiger partial charge on any atom is -0.480 e. The van der Waals surface area contributed by atoms with E-state index in [2.05, 4.69) is 12.2 Å². The number of nitrogens with one attached hydrogen (secondary N) is 1. The van der Waals surface area contributed by atoms with E-state index in [1.807, 2.05) is 0 Å². The smallest absolute Gasteiger partial charge is 0.323 e. The van der Waals surface area contributed by atoms with Gasteiger partial charge in [0.05, 0.1) is 0 Å². The van der Waals surface area contributed by atoms with Crippen LogP contribution >= 0.6 is 0 Å². The standard InChI is InChI=1S/C14H25NO2/c1-2-11-7-9-14(10-8-11,13(16)17)15-12-5-3-4-6-12/h11-12,15H,2-10H2,1H3,(H,16,17). The molecule has 0 saturated heterocycles. The van der Waals surface area contributed by atoms with Gasteiger partial charge in [-0.3, -0.25) is 10.1 Å². The van der Waals surface area contributed by atoms with Crippen LogP contribution in [0.4, 0.5) is 0 Å². The first-order chi connectivity index (χ1) is 8.16. The summed E-state index contributed by atoms with van der Waals surface area (Å²) < 4.78 is 0. The van der Waals surface area contributed by atoms with Gasteiger partial charge in [0.25, 0.3) is 0 Å². The molecule has 3 nitrogen and oxygen atoms in total. The van der Waals surface area contributed by atoms with E-state index in [1.165, 1.54) is 19.3 Å². The van der Waals surface area contributed by atoms with Crippen molar-refractivity contribution >= 4 is 5.97 Å². The lowest BCUT2D eigenvalue weighted by Crippen LogP contribution is -2.57. The summed E-state index contributed by atoms with van der Waals surface area (Å²) in [4.78, 5) is 11.6. The van der Waals surface area contributed by atoms with Crippen LogP contribution in [0.5, 0.6) is 0 Å². The normalized spacial score (nSPS) is 35.0. The van der Waals surface area contributed by atoms with E-state index in [9.17, 15) is 9.90 Å². The highest BCUT2D eigenvalue weighted by molar-refractivity contribution is 5.79. The minimum absolute atomic E-state index is 0.448. The average molecular weight is 239 g/mol. The fourth-order valence-electron chi connectivity index (χ4n) is 3.46. The summed E-state index contributed by atoms with van der Waals surface area (Å²) in [6, 6.07) is 0.448. The van der Waals surface area contributed by atoms with Gasteiger partial charge >= 0.3 is 5.97 Å². The topological polar surface area (TPSA) is 49.3 Å². The van der Waals surface area contributed by atoms with E-state index in [-0.39, 0.29) is 0 Å². The van der Waals surface area contributed by atoms with E-state index in [1.54, 1.807) is 0 Å². The second-order valence-electron chi connectivity index (χ2n) is 5.86. The van der Waals surface area contributed by atoms with E-state index in [4.69, 9.17) is 0 Å². The highest BCUT2D eigenvalue weighted by Crippen LogP contribution is 2.35. The Bertz CT molecular complexity index is 263. The highest BCUT2D eigenvalue weighted by atomic mass is 16.4. The zero-order valence-corrected chi connectivity index (χ0v) is 10.9. The lowest BCUT2D eigenvalue weighted by atomic mass is 9.75. The van der Waals surface area contributed by atoms with Crippen molar-refractivity contribution in [1.29, 1.82) is 0 Å². The van der Waals surface area contributed by atoms with Crippen LogP contribution in [0.15, 0.2) is 0 Å². The Kier molecular flexibility index (Phi) is 4.08. The molecular formula is C14H25NO2. The van der Waals surface area contributed by atoms with Gasteiger partial charge < -0.3 is 5.11 Å². The Morgan fingerprint density at radius 1 is 1.24 bits per heavy atom. The summed E-state index contributed by atoms with van der Waals surface area (Å²) in [5.41, 5.74) is -0.610. The van der Waals surface area contributed by atoms with Crippen molar-refractivity contribution in [3.8, 4) is 0 Å². The molecule has 0 aromatic rings. The maximum Gasteiger partial charge on any atom is 0.323 e. The number of carbonyl (C=O) groups is 1. The number of rotatable bonds is 4. The zero-order valence-electron chi connectivity index (χ0n) is 10.9. The molecule has 0 heterocycles. The monoisotopic (exact) mass is 239 g/mol. The molecule has 0 aliphatic heterocycles. The van der Waals surface area contributed by atoms with Gasteiger partial charge in [-0.25, -0.2) is 0 Å². The van der Waals surface area contributed by atoms with Crippen molar-refractivity contribution < 1.29 is 9.90 Å². The maximum atomic E-state index is 11.6. The Morgan fingerprint density at radius 2 is 1.82 bits per heavy atom. The van der Waals surface area contributed by atoms with E-state index < -0.39 is 11.5 Å². The van der Waals surface area contributed by atoms with Gasteiger partial charge in [-0.05, 0) is 44.4 Å².